The maximum Gasteiger partial charge on any atom is 0 e. The molecule has 0 fully saturated rings. The second-order valence-electron chi connectivity index (χ2n) is 0.832. The summed E-state index contributed by atoms with van der Waals surface area (Å²) in [6.07, 6.45) is 3.50. The molecule has 0 saturated carbocycles. The fourth-order valence-corrected chi connectivity index (χ4v) is 0.248. The van der Waals surface area contributed by atoms with Crippen LogP contribution in [0.2, 0.25) is 0 Å². The van der Waals surface area contributed by atoms with E-state index >= 15 is 0 Å². The van der Waals surface area contributed by atoms with Crippen LogP contribution in [-0.4, -0.2) is 0 Å². The molecule has 1 aromatic rings. The molecule has 1 heterocycles. The van der Waals surface area contributed by atoms with Crippen molar-refractivity contribution in [1.82, 2.24) is 4.98 Å². The molecule has 0 saturated heterocycles. The zero-order chi connectivity index (χ0) is 3.54. The molecule has 2 heteroatoms. The van der Waals surface area contributed by atoms with Gasteiger partial charge in [0.1, 0.15) is 0 Å². The molecule has 0 aliphatic rings. The molecule has 29 valence electrons. The first-order valence-corrected chi connectivity index (χ1v) is 1.52. The summed E-state index contributed by atoms with van der Waals surface area (Å²) in [5.74, 6) is 0. The van der Waals surface area contributed by atoms with Gasteiger partial charge in [0.15, 0.2) is 0 Å². The van der Waals surface area contributed by atoms with E-state index < -0.39 is 0 Å². The first kappa shape index (κ1) is 6.72. The summed E-state index contributed by atoms with van der Waals surface area (Å²) < 4.78 is 0. The van der Waals surface area contributed by atoms with E-state index in [0.29, 0.717) is 0 Å². The van der Waals surface area contributed by atoms with Crippen molar-refractivity contribution in [2.45, 2.75) is 0 Å². The Morgan fingerprint density at radius 2 is 1.50 bits per heavy atom. The van der Waals surface area contributed by atoms with Crippen LogP contribution in [0.25, 0.3) is 0 Å². The van der Waals surface area contributed by atoms with Gasteiger partial charge in [0, 0.05) is 44.1 Å². The second kappa shape index (κ2) is 3.90. The summed E-state index contributed by atoms with van der Waals surface area (Å²) in [6, 6.07) is 3.78. The van der Waals surface area contributed by atoms with E-state index in [4.69, 9.17) is 0 Å². The Morgan fingerprint density at radius 3 is 1.67 bits per heavy atom. The predicted octanol–water partition coefficient (Wildman–Crippen LogP) is 0.644. The minimum atomic E-state index is 0. The molecule has 0 aromatic carbocycles. The molecule has 0 aliphatic heterocycles. The Bertz CT molecular complexity index is 64.0. The van der Waals surface area contributed by atoms with E-state index in [9.17, 15) is 0 Å². The van der Waals surface area contributed by atoms with Gasteiger partial charge in [-0.1, -0.05) is 12.1 Å². The monoisotopic (exact) mass is 293 g/mol. The number of aromatic nitrogens is 1. The predicted molar refractivity (Wildman–Crippen MR) is 19.8 cm³/mol. The molecule has 0 spiro atoms. The van der Waals surface area contributed by atoms with Crippen LogP contribution in [0.1, 0.15) is 0 Å². The molecule has 6 heavy (non-hydrogen) atoms. The van der Waals surface area contributed by atoms with Gasteiger partial charge in [0.2, 0.25) is 0 Å². The van der Waals surface area contributed by atoms with Crippen LogP contribution in [0, 0.1) is 44.1 Å². The summed E-state index contributed by atoms with van der Waals surface area (Å²) in [5.41, 5.74) is 0. The van der Waals surface area contributed by atoms with Gasteiger partial charge in [0.25, 0.3) is 0 Å². The molecule has 1 rings (SSSR count). The minimum absolute atomic E-state index is 0. The van der Waals surface area contributed by atoms with Gasteiger partial charge in [-0.3, -0.25) is 0 Å². The Kier molecular flexibility index (Phi) is 4.36. The Morgan fingerprint density at radius 1 is 1.00 bits per heavy atom. The van der Waals surface area contributed by atoms with Gasteiger partial charge < -0.3 is 4.98 Å². The van der Waals surface area contributed by atoms with Crippen LogP contribution < -0.4 is 4.98 Å². The number of rotatable bonds is 0. The fourth-order valence-electron chi connectivity index (χ4n) is 0.248. The summed E-state index contributed by atoms with van der Waals surface area (Å²) in [7, 11) is 0. The second-order valence-corrected chi connectivity index (χ2v) is 0.832. The van der Waals surface area contributed by atoms with Crippen molar-refractivity contribution in [2.75, 3.05) is 0 Å². The van der Waals surface area contributed by atoms with Gasteiger partial charge in [0.05, 0.1) is 0 Å². The van der Waals surface area contributed by atoms with Gasteiger partial charge >= 0.3 is 0 Å². The van der Waals surface area contributed by atoms with Gasteiger partial charge in [-0.05, 0) is 0 Å². The van der Waals surface area contributed by atoms with Crippen LogP contribution in [0.4, 0.5) is 0 Å². The van der Waals surface area contributed by atoms with Crippen molar-refractivity contribution in [3.63, 3.8) is 0 Å². The van der Waals surface area contributed by atoms with Crippen molar-refractivity contribution in [3.05, 3.63) is 24.5 Å². The summed E-state index contributed by atoms with van der Waals surface area (Å²) in [6.45, 7) is 0. The fraction of sp³-hybridized carbons (Fsp3) is 0. The van der Waals surface area contributed by atoms with Crippen LogP contribution >= 0.6 is 0 Å². The summed E-state index contributed by atoms with van der Waals surface area (Å²) >= 11 is 0. The smallest absolute Gasteiger partial charge is 0 e. The Balaban J connectivity index is 0.000000250. The molecule has 0 amide bonds. The maximum atomic E-state index is 3.72. The molecular formula is C4H4AcN-. The maximum absolute atomic E-state index is 3.72. The largest absolute Gasteiger partial charge is 0.670 e. The molecule has 0 atom stereocenters. The van der Waals surface area contributed by atoms with Crippen molar-refractivity contribution >= 4 is 0 Å². The number of hydrogen-bond donors (Lipinski definition) is 0. The topological polar surface area (TPSA) is 14.1 Å². The average Bonchev–Trinajstić information content (AvgIpc) is 1.76. The molecule has 0 bridgehead atoms. The molecule has 0 unspecified atom stereocenters. The van der Waals surface area contributed by atoms with E-state index in [1.807, 2.05) is 12.1 Å². The zero-order valence-corrected chi connectivity index (χ0v) is 8.08. The normalized spacial score (nSPS) is 6.67. The summed E-state index contributed by atoms with van der Waals surface area (Å²) in [5, 5.41) is 0. The standard InChI is InChI=1S/C4H4N.Ac/c1-2-4-5-3-1;/h1-4H;/q-1;. The molecule has 0 aliphatic carbocycles. The molecule has 1 nitrogen and oxygen atoms in total. The molecule has 1 aromatic heterocycles. The third-order valence-electron chi connectivity index (χ3n) is 0.455. The Labute approximate surface area is 72.7 Å². The average molecular weight is 293 g/mol. The van der Waals surface area contributed by atoms with E-state index in [1.165, 1.54) is 0 Å². The minimum Gasteiger partial charge on any atom is -0.670 e. The van der Waals surface area contributed by atoms with Crippen LogP contribution in [0.5, 0.6) is 0 Å². The summed E-state index contributed by atoms with van der Waals surface area (Å²) in [4.78, 5) is 3.72. The first-order chi connectivity index (χ1) is 2.50. The van der Waals surface area contributed by atoms with Crippen molar-refractivity contribution in [2.24, 2.45) is 0 Å². The molecular weight excluding hydrogens is 289 g/mol. The number of hydrogen-bond acceptors (Lipinski definition) is 0. The van der Waals surface area contributed by atoms with Gasteiger partial charge in [-0.25, -0.2) is 0 Å². The van der Waals surface area contributed by atoms with Crippen LogP contribution in [0.15, 0.2) is 24.5 Å². The van der Waals surface area contributed by atoms with E-state index in [-0.39, 0.29) is 44.1 Å². The van der Waals surface area contributed by atoms with E-state index in [1.54, 1.807) is 12.4 Å². The van der Waals surface area contributed by atoms with Crippen LogP contribution in [-0.2, 0) is 0 Å². The number of nitrogens with zero attached hydrogens (tertiary/aromatic N) is 1. The SMILES string of the molecule is [Ac].c1cc[n-]c1. The van der Waals surface area contributed by atoms with E-state index in [2.05, 4.69) is 4.98 Å². The van der Waals surface area contributed by atoms with Crippen molar-refractivity contribution in [1.29, 1.82) is 0 Å². The zero-order valence-electron chi connectivity index (χ0n) is 3.33. The van der Waals surface area contributed by atoms with E-state index in [0.717, 1.165) is 0 Å². The van der Waals surface area contributed by atoms with Crippen molar-refractivity contribution < 1.29 is 44.1 Å². The first-order valence-electron chi connectivity index (χ1n) is 1.52. The molecule has 1 radical (unpaired) electrons. The van der Waals surface area contributed by atoms with Gasteiger partial charge in [-0.15, -0.1) is 0 Å². The third kappa shape index (κ3) is 2.00. The van der Waals surface area contributed by atoms with Crippen LogP contribution in [0.3, 0.4) is 0 Å². The molecule has 0 N–H and O–H groups in total. The Hall–Kier alpha value is 0.722. The van der Waals surface area contributed by atoms with Crippen molar-refractivity contribution in [3.8, 4) is 0 Å². The van der Waals surface area contributed by atoms with Gasteiger partial charge in [-0.2, -0.15) is 12.4 Å². The quantitative estimate of drug-likeness (QED) is 0.685. The third-order valence-corrected chi connectivity index (χ3v) is 0.455.